The van der Waals surface area contributed by atoms with E-state index in [0.29, 0.717) is 30.9 Å². The average molecular weight is 658 g/mol. The van der Waals surface area contributed by atoms with Crippen LogP contribution in [0.1, 0.15) is 23.4 Å². The molecule has 4 aliphatic rings. The molecule has 4 aromatic rings. The average Bonchev–Trinajstić information content (AvgIpc) is 3.43. The third kappa shape index (κ3) is 4.74. The largest absolute Gasteiger partial charge is 0.493 e. The van der Waals surface area contributed by atoms with Crippen molar-refractivity contribution in [1.29, 1.82) is 0 Å². The van der Waals surface area contributed by atoms with Gasteiger partial charge in [0.2, 0.25) is 0 Å². The van der Waals surface area contributed by atoms with Crippen LogP contribution >= 0.6 is 0 Å². The van der Waals surface area contributed by atoms with Crippen molar-refractivity contribution in [3.63, 3.8) is 0 Å². The molecule has 3 saturated heterocycles. The number of benzene rings is 2. The fraction of sp³-hybridized carbons (Fsp3) is 0.424. The number of ether oxygens (including phenoxy) is 3. The first kappa shape index (κ1) is 26.7. The SMILES string of the molecule is [2H]C([2H])([2H])Oc1c(F)cc(F)c2cc(N)cc(-c3ncc4c(N5CCOC[C@H]6[C@H](F)[C@H]65)nc(OC[C@@]56CCCN5C/C(=C\F)C6)nc4c3F)c12. The highest BCUT2D eigenvalue weighted by Gasteiger charge is 2.56. The highest BCUT2D eigenvalue weighted by Crippen LogP contribution is 2.46. The molecule has 0 amide bonds. The minimum absolute atomic E-state index is 0.0523. The Kier molecular flexibility index (Phi) is 6.34. The van der Waals surface area contributed by atoms with Crippen LogP contribution in [0.4, 0.5) is 33.5 Å². The van der Waals surface area contributed by atoms with Crippen LogP contribution < -0.4 is 20.1 Å². The lowest BCUT2D eigenvalue weighted by Gasteiger charge is -2.31. The Bertz CT molecular complexity index is 2070. The molecule has 9 nitrogen and oxygen atoms in total. The summed E-state index contributed by atoms with van der Waals surface area (Å²) in [6, 6.07) is 1.98. The molecule has 0 unspecified atom stereocenters. The summed E-state index contributed by atoms with van der Waals surface area (Å²) in [4.78, 5) is 17.2. The smallest absolute Gasteiger partial charge is 0.319 e. The molecule has 0 radical (unpaired) electrons. The summed E-state index contributed by atoms with van der Waals surface area (Å²) >= 11 is 0. The zero-order chi connectivity index (χ0) is 35.1. The lowest BCUT2D eigenvalue weighted by molar-refractivity contribution is 0.108. The number of rotatable bonds is 6. The molecule has 1 saturated carbocycles. The van der Waals surface area contributed by atoms with Crippen molar-refractivity contribution in [3.8, 4) is 23.0 Å². The summed E-state index contributed by atoms with van der Waals surface area (Å²) in [5.74, 6) is -4.60. The van der Waals surface area contributed by atoms with Crippen molar-refractivity contribution in [2.75, 3.05) is 57.1 Å². The summed E-state index contributed by atoms with van der Waals surface area (Å²) in [5.41, 5.74) is 5.13. The van der Waals surface area contributed by atoms with Gasteiger partial charge in [-0.25, -0.2) is 22.0 Å². The van der Waals surface area contributed by atoms with E-state index in [1.54, 1.807) is 4.90 Å². The van der Waals surface area contributed by atoms with E-state index in [1.807, 2.05) is 0 Å². The van der Waals surface area contributed by atoms with Gasteiger partial charge in [-0.05, 0) is 43.5 Å². The van der Waals surface area contributed by atoms with Crippen LogP contribution in [0.15, 0.2) is 36.3 Å². The van der Waals surface area contributed by atoms with Crippen LogP contribution in [0.2, 0.25) is 0 Å². The van der Waals surface area contributed by atoms with E-state index in [-0.39, 0.29) is 65.7 Å². The molecule has 0 spiro atoms. The first-order valence-electron chi connectivity index (χ1n) is 16.8. The van der Waals surface area contributed by atoms with Crippen LogP contribution in [0.5, 0.6) is 11.8 Å². The second kappa shape index (κ2) is 11.2. The highest BCUT2D eigenvalue weighted by molar-refractivity contribution is 6.04. The number of alkyl halides is 1. The van der Waals surface area contributed by atoms with Gasteiger partial charge in [0.1, 0.15) is 35.6 Å². The third-order valence-electron chi connectivity index (χ3n) is 9.88. The number of hydrogen-bond acceptors (Lipinski definition) is 9. The lowest BCUT2D eigenvalue weighted by Crippen LogP contribution is -2.43. The molecule has 0 bridgehead atoms. The number of hydrogen-bond donors (Lipinski definition) is 1. The van der Waals surface area contributed by atoms with Gasteiger partial charge in [-0.15, -0.1) is 0 Å². The molecule has 47 heavy (non-hydrogen) atoms. The number of methoxy groups -OCH3 is 1. The summed E-state index contributed by atoms with van der Waals surface area (Å²) in [7, 11) is -3.14. The Labute approximate surface area is 270 Å². The fourth-order valence-electron chi connectivity index (χ4n) is 7.59. The molecule has 246 valence electrons. The quantitative estimate of drug-likeness (QED) is 0.213. The van der Waals surface area contributed by atoms with Gasteiger partial charge in [-0.2, -0.15) is 9.97 Å². The summed E-state index contributed by atoms with van der Waals surface area (Å²) < 4.78 is 115. The first-order chi connectivity index (χ1) is 23.9. The van der Waals surface area contributed by atoms with E-state index in [4.69, 9.17) is 24.1 Å². The summed E-state index contributed by atoms with van der Waals surface area (Å²) in [6.07, 6.45) is 2.72. The van der Waals surface area contributed by atoms with Gasteiger partial charge in [-0.1, -0.05) is 0 Å². The van der Waals surface area contributed by atoms with Crippen LogP contribution in [-0.2, 0) is 4.74 Å². The van der Waals surface area contributed by atoms with Crippen LogP contribution in [0, 0.1) is 23.4 Å². The molecule has 8 rings (SSSR count). The number of halogens is 5. The molecule has 1 aliphatic carbocycles. The lowest BCUT2D eigenvalue weighted by atomic mass is 9.94. The number of nitrogen functional groups attached to an aromatic ring is 1. The second-order valence-electron chi connectivity index (χ2n) is 12.6. The molecular weight excluding hydrogens is 623 g/mol. The topological polar surface area (TPSA) is 98.9 Å². The summed E-state index contributed by atoms with van der Waals surface area (Å²) in [5, 5.41) is -0.633. The Hall–Kier alpha value is -4.30. The number of aromatic nitrogens is 3. The van der Waals surface area contributed by atoms with Gasteiger partial charge >= 0.3 is 6.01 Å². The normalized spacial score (nSPS) is 27.8. The van der Waals surface area contributed by atoms with Gasteiger partial charge in [-0.3, -0.25) is 9.88 Å². The predicted molar refractivity (Wildman–Crippen MR) is 164 cm³/mol. The first-order valence-corrected chi connectivity index (χ1v) is 15.3. The van der Waals surface area contributed by atoms with Gasteiger partial charge in [0.05, 0.1) is 47.7 Å². The number of nitrogens with zero attached hydrogens (tertiary/aromatic N) is 5. The minimum Gasteiger partial charge on any atom is -0.493 e. The molecule has 5 heterocycles. The van der Waals surface area contributed by atoms with Crippen molar-refractivity contribution in [1.82, 2.24) is 19.9 Å². The Morgan fingerprint density at radius 3 is 2.87 bits per heavy atom. The molecule has 2 aromatic heterocycles. The van der Waals surface area contributed by atoms with E-state index < -0.39 is 65.0 Å². The van der Waals surface area contributed by atoms with Crippen molar-refractivity contribution in [3.05, 3.63) is 53.8 Å². The monoisotopic (exact) mass is 657 g/mol. The third-order valence-corrected chi connectivity index (χ3v) is 9.88. The van der Waals surface area contributed by atoms with Crippen LogP contribution in [0.3, 0.4) is 0 Å². The van der Waals surface area contributed by atoms with Crippen molar-refractivity contribution >= 4 is 33.2 Å². The molecule has 4 fully saturated rings. The van der Waals surface area contributed by atoms with Crippen molar-refractivity contribution < 1.29 is 40.3 Å². The van der Waals surface area contributed by atoms with Gasteiger partial charge in [0.15, 0.2) is 17.4 Å². The zero-order valence-corrected chi connectivity index (χ0v) is 24.9. The maximum atomic E-state index is 17.0. The van der Waals surface area contributed by atoms with Gasteiger partial charge in [0.25, 0.3) is 0 Å². The van der Waals surface area contributed by atoms with Crippen LogP contribution in [0.25, 0.3) is 32.9 Å². The molecular formula is C33H31F5N6O3. The van der Waals surface area contributed by atoms with E-state index in [9.17, 15) is 8.78 Å². The number of pyridine rings is 1. The molecule has 2 N–H and O–H groups in total. The molecule has 14 heteroatoms. The standard InChI is InChI=1S/C33H31F5N6O3/c1-45-30-23(36)9-22(35)18-7-17(39)8-19(24(18)30)27-26(38)28-20(12-40-27)31(44-5-6-46-14-21-25(37)29(21)44)42-32(41-28)47-15-33-3-2-4-43(33)13-16(10-33)11-34/h7-9,11-12,21,25,29H,2-6,10,13-15,39H2,1H3/b16-11-/t21-,25-,29-,33-/m0/s1/i1D3. The van der Waals surface area contributed by atoms with Crippen molar-refractivity contribution in [2.45, 2.75) is 37.0 Å². The number of fused-ring (bicyclic) bond motifs is 4. The van der Waals surface area contributed by atoms with E-state index >= 15 is 13.2 Å². The molecule has 2 aromatic carbocycles. The maximum Gasteiger partial charge on any atom is 0.319 e. The van der Waals surface area contributed by atoms with Crippen molar-refractivity contribution in [2.24, 2.45) is 5.92 Å². The van der Waals surface area contributed by atoms with E-state index in [1.165, 1.54) is 12.3 Å². The fourth-order valence-corrected chi connectivity index (χ4v) is 7.59. The van der Waals surface area contributed by atoms with E-state index in [0.717, 1.165) is 25.5 Å². The predicted octanol–water partition coefficient (Wildman–Crippen LogP) is 5.50. The van der Waals surface area contributed by atoms with E-state index in [2.05, 4.69) is 19.9 Å². The van der Waals surface area contributed by atoms with Gasteiger partial charge in [0, 0.05) is 53.3 Å². The Balaban J connectivity index is 1.30. The van der Waals surface area contributed by atoms with Gasteiger partial charge < -0.3 is 24.8 Å². The number of anilines is 2. The zero-order valence-electron chi connectivity index (χ0n) is 27.9. The second-order valence-corrected chi connectivity index (χ2v) is 12.6. The Morgan fingerprint density at radius 1 is 1.17 bits per heavy atom. The number of nitrogens with two attached hydrogens (primary N) is 1. The highest BCUT2D eigenvalue weighted by atomic mass is 19.1. The summed E-state index contributed by atoms with van der Waals surface area (Å²) in [6.45, 7) is 1.99. The minimum atomic E-state index is -3.14. The molecule has 3 aliphatic heterocycles. The Morgan fingerprint density at radius 2 is 2.04 bits per heavy atom. The maximum absolute atomic E-state index is 17.0. The molecule has 4 atom stereocenters. The van der Waals surface area contributed by atoms with Crippen LogP contribution in [-0.4, -0.2) is 84.1 Å².